The first-order valence-electron chi connectivity index (χ1n) is 4.79. The molecule has 0 spiro atoms. The number of carbonyl (C=O) groups is 2. The van der Waals surface area contributed by atoms with E-state index in [1.54, 1.807) is 24.3 Å². The lowest BCUT2D eigenvalue weighted by Crippen LogP contribution is -2.42. The monoisotopic (exact) mass is 240 g/mol. The molecule has 0 bridgehead atoms. The summed E-state index contributed by atoms with van der Waals surface area (Å²) in [6.07, 6.45) is 0. The second-order valence-electron chi connectivity index (χ2n) is 3.43. The van der Waals surface area contributed by atoms with Gasteiger partial charge in [0.25, 0.3) is 5.91 Å². The van der Waals surface area contributed by atoms with E-state index >= 15 is 0 Å². The van der Waals surface area contributed by atoms with Crippen molar-refractivity contribution in [1.29, 1.82) is 0 Å². The molecule has 0 radical (unpaired) electrons. The highest BCUT2D eigenvalue weighted by Gasteiger charge is 2.13. The van der Waals surface area contributed by atoms with Gasteiger partial charge >= 0.3 is 0 Å². The molecule has 1 rings (SSSR count). The molecule has 1 atom stereocenters. The van der Waals surface area contributed by atoms with Crippen LogP contribution in [0, 0.1) is 0 Å². The Hall–Kier alpha value is -1.55. The Labute approximate surface area is 98.8 Å². The highest BCUT2D eigenvalue weighted by Crippen LogP contribution is 2.06. The van der Waals surface area contributed by atoms with Crippen LogP contribution >= 0.6 is 11.6 Å². The van der Waals surface area contributed by atoms with Crippen LogP contribution in [-0.4, -0.2) is 17.9 Å². The Morgan fingerprint density at radius 2 is 1.94 bits per heavy atom. The van der Waals surface area contributed by atoms with Crippen LogP contribution in [0.4, 0.5) is 0 Å². The minimum Gasteiger partial charge on any atom is -0.368 e. The maximum atomic E-state index is 11.6. The molecule has 0 aromatic heterocycles. The maximum Gasteiger partial charge on any atom is 0.251 e. The van der Waals surface area contributed by atoms with Crippen LogP contribution < -0.4 is 11.1 Å². The van der Waals surface area contributed by atoms with E-state index in [0.717, 1.165) is 5.56 Å². The Balaban J connectivity index is 2.69. The number of nitrogens with one attached hydrogen (secondary N) is 1. The molecule has 1 aromatic carbocycles. The van der Waals surface area contributed by atoms with Crippen LogP contribution in [0.2, 0.25) is 0 Å². The largest absolute Gasteiger partial charge is 0.368 e. The lowest BCUT2D eigenvalue weighted by atomic mass is 10.1. The van der Waals surface area contributed by atoms with Gasteiger partial charge in [0.1, 0.15) is 6.04 Å². The molecule has 16 heavy (non-hydrogen) atoms. The molecule has 5 heteroatoms. The van der Waals surface area contributed by atoms with Gasteiger partial charge in [-0.25, -0.2) is 0 Å². The van der Waals surface area contributed by atoms with Gasteiger partial charge in [0.05, 0.1) is 0 Å². The summed E-state index contributed by atoms with van der Waals surface area (Å²) in [4.78, 5) is 22.4. The summed E-state index contributed by atoms with van der Waals surface area (Å²) in [6, 6.07) is 6.15. The van der Waals surface area contributed by atoms with Crippen molar-refractivity contribution in [3.8, 4) is 0 Å². The number of primary amides is 1. The van der Waals surface area contributed by atoms with Gasteiger partial charge in [-0.1, -0.05) is 12.1 Å². The second-order valence-corrected chi connectivity index (χ2v) is 3.70. The zero-order valence-electron chi connectivity index (χ0n) is 8.87. The van der Waals surface area contributed by atoms with Gasteiger partial charge in [0.2, 0.25) is 5.91 Å². The van der Waals surface area contributed by atoms with E-state index in [1.165, 1.54) is 6.92 Å². The summed E-state index contributed by atoms with van der Waals surface area (Å²) >= 11 is 5.62. The predicted octanol–water partition coefficient (Wildman–Crippen LogP) is 1.03. The van der Waals surface area contributed by atoms with Crippen LogP contribution in [-0.2, 0) is 10.7 Å². The first-order chi connectivity index (χ1) is 7.54. The number of amides is 2. The van der Waals surface area contributed by atoms with Crippen molar-refractivity contribution in [3.05, 3.63) is 35.4 Å². The van der Waals surface area contributed by atoms with Gasteiger partial charge in [-0.2, -0.15) is 0 Å². The smallest absolute Gasteiger partial charge is 0.251 e. The first-order valence-corrected chi connectivity index (χ1v) is 5.33. The topological polar surface area (TPSA) is 72.2 Å². The molecule has 3 N–H and O–H groups in total. The third kappa shape index (κ3) is 3.24. The van der Waals surface area contributed by atoms with Crippen LogP contribution in [0.1, 0.15) is 22.8 Å². The Kier molecular flexibility index (Phi) is 4.31. The zero-order chi connectivity index (χ0) is 12.1. The van der Waals surface area contributed by atoms with Crippen molar-refractivity contribution in [2.75, 3.05) is 0 Å². The highest BCUT2D eigenvalue weighted by atomic mass is 35.5. The first kappa shape index (κ1) is 12.5. The van der Waals surface area contributed by atoms with Crippen molar-refractivity contribution in [3.63, 3.8) is 0 Å². The Morgan fingerprint density at radius 1 is 1.38 bits per heavy atom. The molecule has 0 fully saturated rings. The number of hydrogen-bond donors (Lipinski definition) is 2. The molecule has 0 saturated carbocycles. The van der Waals surface area contributed by atoms with Crippen LogP contribution in [0.3, 0.4) is 0 Å². The summed E-state index contributed by atoms with van der Waals surface area (Å²) < 4.78 is 0. The normalized spacial score (nSPS) is 11.9. The third-order valence-electron chi connectivity index (χ3n) is 2.14. The van der Waals surface area contributed by atoms with E-state index in [2.05, 4.69) is 5.32 Å². The van der Waals surface area contributed by atoms with Gasteiger partial charge in [-0.3, -0.25) is 9.59 Å². The van der Waals surface area contributed by atoms with Gasteiger partial charge in [0.15, 0.2) is 0 Å². The fourth-order valence-electron chi connectivity index (χ4n) is 1.10. The van der Waals surface area contributed by atoms with E-state index in [4.69, 9.17) is 17.3 Å². The lowest BCUT2D eigenvalue weighted by molar-refractivity contribution is -0.119. The van der Waals surface area contributed by atoms with E-state index in [1.807, 2.05) is 0 Å². The number of halogens is 1. The summed E-state index contributed by atoms with van der Waals surface area (Å²) in [6.45, 7) is 1.54. The van der Waals surface area contributed by atoms with Crippen LogP contribution in [0.15, 0.2) is 24.3 Å². The van der Waals surface area contributed by atoms with Crippen molar-refractivity contribution in [1.82, 2.24) is 5.32 Å². The van der Waals surface area contributed by atoms with Gasteiger partial charge in [-0.15, -0.1) is 11.6 Å². The molecule has 86 valence electrons. The van der Waals surface area contributed by atoms with Crippen LogP contribution in [0.5, 0.6) is 0 Å². The number of benzene rings is 1. The molecule has 0 saturated heterocycles. The molecule has 2 amide bonds. The average molecular weight is 241 g/mol. The second kappa shape index (κ2) is 5.51. The van der Waals surface area contributed by atoms with E-state index in [9.17, 15) is 9.59 Å². The fourth-order valence-corrected chi connectivity index (χ4v) is 1.27. The quantitative estimate of drug-likeness (QED) is 0.772. The number of hydrogen-bond acceptors (Lipinski definition) is 2. The highest BCUT2D eigenvalue weighted by molar-refractivity contribution is 6.17. The number of rotatable bonds is 4. The van der Waals surface area contributed by atoms with Gasteiger partial charge in [0, 0.05) is 11.4 Å². The van der Waals surface area contributed by atoms with E-state index < -0.39 is 11.9 Å². The van der Waals surface area contributed by atoms with Crippen molar-refractivity contribution >= 4 is 23.4 Å². The summed E-state index contributed by atoms with van der Waals surface area (Å²) in [5, 5.41) is 2.49. The molecular formula is C11H13ClN2O2. The van der Waals surface area contributed by atoms with Crippen molar-refractivity contribution in [2.45, 2.75) is 18.8 Å². The van der Waals surface area contributed by atoms with Crippen molar-refractivity contribution in [2.24, 2.45) is 5.73 Å². The van der Waals surface area contributed by atoms with E-state index in [0.29, 0.717) is 11.4 Å². The summed E-state index contributed by atoms with van der Waals surface area (Å²) in [5.74, 6) is -0.488. The Bertz CT molecular complexity index is 389. The Morgan fingerprint density at radius 3 is 2.38 bits per heavy atom. The van der Waals surface area contributed by atoms with Crippen molar-refractivity contribution < 1.29 is 9.59 Å². The number of nitrogens with two attached hydrogens (primary N) is 1. The van der Waals surface area contributed by atoms with Gasteiger partial charge < -0.3 is 11.1 Å². The number of alkyl halides is 1. The SMILES string of the molecule is CC(NC(=O)c1ccc(CCl)cc1)C(N)=O. The van der Waals surface area contributed by atoms with Crippen LogP contribution in [0.25, 0.3) is 0 Å². The maximum absolute atomic E-state index is 11.6. The molecule has 0 aliphatic carbocycles. The fraction of sp³-hybridized carbons (Fsp3) is 0.273. The summed E-state index contributed by atoms with van der Waals surface area (Å²) in [7, 11) is 0. The molecule has 1 unspecified atom stereocenters. The summed E-state index contributed by atoms with van der Waals surface area (Å²) in [5.41, 5.74) is 6.44. The number of carbonyl (C=O) groups excluding carboxylic acids is 2. The molecule has 1 aromatic rings. The third-order valence-corrected chi connectivity index (χ3v) is 2.45. The minimum atomic E-state index is -0.680. The minimum absolute atomic E-state index is 0.326. The van der Waals surface area contributed by atoms with Gasteiger partial charge in [-0.05, 0) is 24.6 Å². The lowest BCUT2D eigenvalue weighted by Gasteiger charge is -2.10. The standard InChI is InChI=1S/C11H13ClN2O2/c1-7(10(13)15)14-11(16)9-4-2-8(6-12)3-5-9/h2-5,7H,6H2,1H3,(H2,13,15)(H,14,16). The molecule has 0 aliphatic heterocycles. The molecule has 0 aliphatic rings. The zero-order valence-corrected chi connectivity index (χ0v) is 9.62. The molecule has 0 heterocycles. The molecule has 4 nitrogen and oxygen atoms in total. The van der Waals surface area contributed by atoms with E-state index in [-0.39, 0.29) is 5.91 Å². The predicted molar refractivity (Wildman–Crippen MR) is 62.1 cm³/mol. The molecular weight excluding hydrogens is 228 g/mol. The average Bonchev–Trinajstić information content (AvgIpc) is 2.28.